The fourth-order valence-corrected chi connectivity index (χ4v) is 1.64. The van der Waals surface area contributed by atoms with Gasteiger partial charge in [0.2, 0.25) is 0 Å². The maximum absolute atomic E-state index is 3.40. The summed E-state index contributed by atoms with van der Waals surface area (Å²) in [5.41, 5.74) is 2.82. The Morgan fingerprint density at radius 3 is 2.63 bits per heavy atom. The maximum Gasteiger partial charge on any atom is 0.0233 e. The van der Waals surface area contributed by atoms with Gasteiger partial charge in [0.15, 0.2) is 0 Å². The minimum absolute atomic E-state index is 0.0817. The molecule has 102 valence electrons. The quantitative estimate of drug-likeness (QED) is 0.620. The molecule has 0 aromatic heterocycles. The minimum Gasteiger partial charge on any atom is -0.309 e. The first kappa shape index (κ1) is 15.5. The van der Waals surface area contributed by atoms with Crippen LogP contribution in [0.2, 0.25) is 0 Å². The topological polar surface area (TPSA) is 12.0 Å². The number of rotatable bonds is 5. The molecule has 0 bridgehead atoms. The van der Waals surface area contributed by atoms with Crippen LogP contribution in [0, 0.1) is 17.3 Å². The van der Waals surface area contributed by atoms with Crippen molar-refractivity contribution >= 4 is 0 Å². The van der Waals surface area contributed by atoms with Gasteiger partial charge in [-0.1, -0.05) is 49.1 Å². The number of nitrogens with one attached hydrogen (secondary N) is 1. The van der Waals surface area contributed by atoms with Gasteiger partial charge in [0.05, 0.1) is 0 Å². The Labute approximate surface area is 118 Å². The monoisotopic (exact) mass is 255 g/mol. The molecule has 1 rings (SSSR count). The van der Waals surface area contributed by atoms with Gasteiger partial charge in [-0.15, -0.1) is 0 Å². The molecule has 0 aliphatic carbocycles. The third-order valence-electron chi connectivity index (χ3n) is 2.64. The molecule has 1 aromatic rings. The number of hydrogen-bond donors (Lipinski definition) is 1. The Bertz CT molecular complexity index is 466. The van der Waals surface area contributed by atoms with Gasteiger partial charge in [-0.05, 0) is 44.4 Å². The molecule has 0 radical (unpaired) electrons. The van der Waals surface area contributed by atoms with Crippen LogP contribution >= 0.6 is 0 Å². The third kappa shape index (κ3) is 7.49. The van der Waals surface area contributed by atoms with Crippen LogP contribution in [0.25, 0.3) is 0 Å². The van der Waals surface area contributed by atoms with Crippen LogP contribution in [0.1, 0.15) is 38.8 Å². The molecule has 0 amide bonds. The summed E-state index contributed by atoms with van der Waals surface area (Å²) in [5.74, 6) is 6.25. The highest BCUT2D eigenvalue weighted by Gasteiger charge is 2.02. The van der Waals surface area contributed by atoms with Gasteiger partial charge in [0, 0.05) is 18.5 Å². The van der Waals surface area contributed by atoms with Crippen molar-refractivity contribution in [3.8, 4) is 11.8 Å². The van der Waals surface area contributed by atoms with Crippen molar-refractivity contribution in [2.75, 3.05) is 6.54 Å². The highest BCUT2D eigenvalue weighted by molar-refractivity contribution is 5.23. The van der Waals surface area contributed by atoms with Crippen molar-refractivity contribution in [1.82, 2.24) is 5.32 Å². The second-order valence-electron chi connectivity index (χ2n) is 5.73. The van der Waals surface area contributed by atoms with Crippen LogP contribution in [0.4, 0.5) is 0 Å². The lowest BCUT2D eigenvalue weighted by atomic mass is 9.98. The zero-order valence-electron chi connectivity index (χ0n) is 12.6. The second-order valence-corrected chi connectivity index (χ2v) is 5.73. The van der Waals surface area contributed by atoms with E-state index in [1.54, 1.807) is 0 Å². The molecule has 0 spiro atoms. The lowest BCUT2D eigenvalue weighted by Crippen LogP contribution is -2.12. The molecule has 0 saturated heterocycles. The van der Waals surface area contributed by atoms with Crippen LogP contribution in [0.3, 0.4) is 0 Å². The molecule has 0 unspecified atom stereocenters. The summed E-state index contributed by atoms with van der Waals surface area (Å²) in [6.45, 7) is 10.3. The fourth-order valence-electron chi connectivity index (χ4n) is 1.64. The summed E-state index contributed by atoms with van der Waals surface area (Å²) in [6, 6.07) is 8.72. The highest BCUT2D eigenvalue weighted by atomic mass is 14.8. The van der Waals surface area contributed by atoms with E-state index in [0.717, 1.165) is 19.5 Å². The molecule has 0 saturated carbocycles. The van der Waals surface area contributed by atoms with Crippen LogP contribution in [0.5, 0.6) is 0 Å². The van der Waals surface area contributed by atoms with Gasteiger partial charge in [0.25, 0.3) is 0 Å². The molecule has 0 atom stereocenters. The van der Waals surface area contributed by atoms with Gasteiger partial charge in [0.1, 0.15) is 0 Å². The molecule has 19 heavy (non-hydrogen) atoms. The molecular formula is C18H25N. The molecule has 1 nitrogen and oxygen atoms in total. The average Bonchev–Trinajstić information content (AvgIpc) is 2.36. The van der Waals surface area contributed by atoms with Crippen LogP contribution in [0.15, 0.2) is 36.4 Å². The summed E-state index contributed by atoms with van der Waals surface area (Å²) in [4.78, 5) is 0. The minimum atomic E-state index is 0.0817. The van der Waals surface area contributed by atoms with Gasteiger partial charge >= 0.3 is 0 Å². The molecule has 1 N–H and O–H groups in total. The van der Waals surface area contributed by atoms with Crippen molar-refractivity contribution in [2.45, 2.75) is 40.7 Å². The van der Waals surface area contributed by atoms with E-state index < -0.39 is 0 Å². The van der Waals surface area contributed by atoms with Crippen molar-refractivity contribution < 1.29 is 0 Å². The van der Waals surface area contributed by atoms with Crippen LogP contribution < -0.4 is 5.32 Å². The van der Waals surface area contributed by atoms with E-state index in [1.165, 1.54) is 11.1 Å². The number of hydrogen-bond acceptors (Lipinski definition) is 1. The Morgan fingerprint density at radius 2 is 1.95 bits per heavy atom. The molecule has 0 aliphatic rings. The van der Waals surface area contributed by atoms with Gasteiger partial charge in [-0.25, -0.2) is 0 Å². The summed E-state index contributed by atoms with van der Waals surface area (Å²) >= 11 is 0. The van der Waals surface area contributed by atoms with E-state index in [4.69, 9.17) is 0 Å². The van der Waals surface area contributed by atoms with Crippen LogP contribution in [-0.2, 0) is 13.0 Å². The third-order valence-corrected chi connectivity index (χ3v) is 2.64. The average molecular weight is 255 g/mol. The molecule has 0 fully saturated rings. The zero-order valence-corrected chi connectivity index (χ0v) is 12.6. The Kier molecular flexibility index (Phi) is 6.39. The summed E-state index contributed by atoms with van der Waals surface area (Å²) in [7, 11) is 0. The molecule has 1 heteroatoms. The molecule has 1 aromatic carbocycles. The SMILES string of the molecule is CCc1cccc(CNC/C=C/C#CC(C)(C)C)c1. The summed E-state index contributed by atoms with van der Waals surface area (Å²) < 4.78 is 0. The van der Waals surface area contributed by atoms with Crippen molar-refractivity contribution in [3.05, 3.63) is 47.5 Å². The van der Waals surface area contributed by atoms with Crippen molar-refractivity contribution in [3.63, 3.8) is 0 Å². The lowest BCUT2D eigenvalue weighted by molar-refractivity contribution is 0.571. The summed E-state index contributed by atoms with van der Waals surface area (Å²) in [5, 5.41) is 3.40. The van der Waals surface area contributed by atoms with Gasteiger partial charge < -0.3 is 5.32 Å². The van der Waals surface area contributed by atoms with Gasteiger partial charge in [-0.3, -0.25) is 0 Å². The number of aryl methyl sites for hydroxylation is 1. The van der Waals surface area contributed by atoms with Gasteiger partial charge in [-0.2, -0.15) is 0 Å². The Balaban J connectivity index is 2.30. The first-order valence-electron chi connectivity index (χ1n) is 6.97. The maximum atomic E-state index is 3.40. The van der Waals surface area contributed by atoms with E-state index in [9.17, 15) is 0 Å². The van der Waals surface area contributed by atoms with Crippen LogP contribution in [-0.4, -0.2) is 6.54 Å². The predicted molar refractivity (Wildman–Crippen MR) is 83.9 cm³/mol. The standard InChI is InChI=1S/C18H25N/c1-5-16-10-9-11-17(14-16)15-19-13-8-6-7-12-18(2,3)4/h6,8-11,14,19H,5,13,15H2,1-4H3/b8-6+. The van der Waals surface area contributed by atoms with Crippen molar-refractivity contribution in [2.24, 2.45) is 5.41 Å². The van der Waals surface area contributed by atoms with E-state index in [2.05, 4.69) is 75.2 Å². The Hall–Kier alpha value is -1.52. The zero-order chi connectivity index (χ0) is 14.1. The first-order chi connectivity index (χ1) is 9.01. The van der Waals surface area contributed by atoms with E-state index in [0.29, 0.717) is 0 Å². The first-order valence-corrected chi connectivity index (χ1v) is 6.97. The van der Waals surface area contributed by atoms with E-state index >= 15 is 0 Å². The molecule has 0 heterocycles. The predicted octanol–water partition coefficient (Wildman–Crippen LogP) is 3.94. The number of benzene rings is 1. The smallest absolute Gasteiger partial charge is 0.0233 e. The molecule has 0 aliphatic heterocycles. The lowest BCUT2D eigenvalue weighted by Gasteiger charge is -2.06. The fraction of sp³-hybridized carbons (Fsp3) is 0.444. The van der Waals surface area contributed by atoms with E-state index in [1.807, 2.05) is 6.08 Å². The van der Waals surface area contributed by atoms with Crippen molar-refractivity contribution in [1.29, 1.82) is 0 Å². The second kappa shape index (κ2) is 7.81. The normalized spacial score (nSPS) is 11.4. The number of allylic oxidation sites excluding steroid dienone is 1. The Morgan fingerprint density at radius 1 is 1.21 bits per heavy atom. The largest absolute Gasteiger partial charge is 0.309 e. The molecular weight excluding hydrogens is 230 g/mol. The highest BCUT2D eigenvalue weighted by Crippen LogP contribution is 2.09. The van der Waals surface area contributed by atoms with E-state index in [-0.39, 0.29) is 5.41 Å². The summed E-state index contributed by atoms with van der Waals surface area (Å²) in [6.07, 6.45) is 5.10.